The molecular weight excluding hydrogens is 166 g/mol. The van der Waals surface area contributed by atoms with Gasteiger partial charge < -0.3 is 10.1 Å². The predicted molar refractivity (Wildman–Crippen MR) is 51.1 cm³/mol. The molecule has 0 radical (unpaired) electrons. The van der Waals surface area contributed by atoms with Crippen LogP contribution >= 0.6 is 0 Å². The molecule has 1 fully saturated rings. The summed E-state index contributed by atoms with van der Waals surface area (Å²) in [6, 6.07) is 0. The van der Waals surface area contributed by atoms with E-state index in [2.05, 4.69) is 12.2 Å². The fraction of sp³-hybridized carbons (Fsp3) is 0.700. The largest absolute Gasteiger partial charge is 0.456 e. The smallest absolute Gasteiger partial charge is 0.333 e. The molecule has 1 rings (SSSR count). The van der Waals surface area contributed by atoms with Crippen LogP contribution in [0.4, 0.5) is 0 Å². The van der Waals surface area contributed by atoms with Crippen LogP contribution < -0.4 is 5.32 Å². The van der Waals surface area contributed by atoms with Gasteiger partial charge in [0.15, 0.2) is 0 Å². The summed E-state index contributed by atoms with van der Waals surface area (Å²) in [6.45, 7) is 5.89. The summed E-state index contributed by atoms with van der Waals surface area (Å²) in [5.74, 6) is 0.249. The summed E-state index contributed by atoms with van der Waals surface area (Å²) in [5, 5.41) is 2.87. The molecule has 3 heteroatoms. The van der Waals surface area contributed by atoms with Crippen LogP contribution in [-0.2, 0) is 9.53 Å². The van der Waals surface area contributed by atoms with E-state index < -0.39 is 0 Å². The first kappa shape index (κ1) is 10.1. The average Bonchev–Trinajstić information content (AvgIpc) is 2.58. The molecule has 74 valence electrons. The maximum absolute atomic E-state index is 11.3. The molecule has 0 saturated heterocycles. The van der Waals surface area contributed by atoms with Crippen molar-refractivity contribution in [3.63, 3.8) is 0 Å². The molecule has 0 aliphatic heterocycles. The molecule has 0 aromatic rings. The lowest BCUT2D eigenvalue weighted by Gasteiger charge is -2.10. The summed E-state index contributed by atoms with van der Waals surface area (Å²) in [7, 11) is 1.78. The van der Waals surface area contributed by atoms with E-state index >= 15 is 0 Å². The SMILES string of the molecule is CN/C(C)=C\C(=O)OC1(C)CC1C. The summed E-state index contributed by atoms with van der Waals surface area (Å²) >= 11 is 0. The van der Waals surface area contributed by atoms with Crippen molar-refractivity contribution in [2.45, 2.75) is 32.8 Å². The highest BCUT2D eigenvalue weighted by molar-refractivity contribution is 5.83. The fourth-order valence-corrected chi connectivity index (χ4v) is 1.20. The summed E-state index contributed by atoms with van der Waals surface area (Å²) in [6.07, 6.45) is 2.46. The summed E-state index contributed by atoms with van der Waals surface area (Å²) in [4.78, 5) is 11.3. The van der Waals surface area contributed by atoms with Gasteiger partial charge in [0.2, 0.25) is 0 Å². The molecule has 0 bridgehead atoms. The Morgan fingerprint density at radius 1 is 1.69 bits per heavy atom. The second kappa shape index (κ2) is 3.40. The summed E-state index contributed by atoms with van der Waals surface area (Å²) < 4.78 is 5.28. The van der Waals surface area contributed by atoms with Crippen molar-refractivity contribution in [2.75, 3.05) is 7.05 Å². The van der Waals surface area contributed by atoms with Crippen LogP contribution in [0.25, 0.3) is 0 Å². The van der Waals surface area contributed by atoms with Gasteiger partial charge >= 0.3 is 5.97 Å². The molecule has 13 heavy (non-hydrogen) atoms. The van der Waals surface area contributed by atoms with Crippen LogP contribution in [0.15, 0.2) is 11.8 Å². The molecule has 0 amide bonds. The Bertz CT molecular complexity index is 247. The standard InChI is InChI=1S/C10H17NO2/c1-7-6-10(7,3)13-9(12)5-8(2)11-4/h5,7,11H,6H2,1-4H3/b8-5-. The van der Waals surface area contributed by atoms with E-state index in [0.29, 0.717) is 5.92 Å². The zero-order valence-corrected chi connectivity index (χ0v) is 8.68. The molecular formula is C10H17NO2. The second-order valence-electron chi connectivity index (χ2n) is 3.92. The van der Waals surface area contributed by atoms with Gasteiger partial charge in [-0.25, -0.2) is 4.79 Å². The van der Waals surface area contributed by atoms with Crippen LogP contribution in [0.5, 0.6) is 0 Å². The maximum Gasteiger partial charge on any atom is 0.333 e. The van der Waals surface area contributed by atoms with Crippen LogP contribution in [0.3, 0.4) is 0 Å². The van der Waals surface area contributed by atoms with Crippen molar-refractivity contribution < 1.29 is 9.53 Å². The molecule has 1 saturated carbocycles. The van der Waals surface area contributed by atoms with E-state index in [1.807, 2.05) is 13.8 Å². The number of carbonyl (C=O) groups is 1. The Balaban J connectivity index is 2.43. The lowest BCUT2D eigenvalue weighted by molar-refractivity contribution is -0.144. The topological polar surface area (TPSA) is 38.3 Å². The number of hydrogen-bond donors (Lipinski definition) is 1. The van der Waals surface area contributed by atoms with Gasteiger partial charge in [-0.2, -0.15) is 0 Å². The highest BCUT2D eigenvalue weighted by Crippen LogP contribution is 2.45. The van der Waals surface area contributed by atoms with Crippen LogP contribution in [0.1, 0.15) is 27.2 Å². The van der Waals surface area contributed by atoms with Crippen LogP contribution in [-0.4, -0.2) is 18.6 Å². The third-order valence-corrected chi connectivity index (χ3v) is 2.66. The molecule has 0 spiro atoms. The number of carbonyl (C=O) groups excluding carboxylic acids is 1. The molecule has 0 heterocycles. The van der Waals surface area contributed by atoms with Crippen LogP contribution in [0, 0.1) is 5.92 Å². The van der Waals surface area contributed by atoms with Crippen molar-refractivity contribution in [3.05, 3.63) is 11.8 Å². The van der Waals surface area contributed by atoms with Gasteiger partial charge in [0.25, 0.3) is 0 Å². The second-order valence-corrected chi connectivity index (χ2v) is 3.92. The van der Waals surface area contributed by atoms with E-state index in [1.165, 1.54) is 6.08 Å². The Morgan fingerprint density at radius 2 is 2.23 bits per heavy atom. The third kappa shape index (κ3) is 2.47. The number of hydrogen-bond acceptors (Lipinski definition) is 3. The number of rotatable bonds is 3. The molecule has 0 aromatic heterocycles. The summed E-state index contributed by atoms with van der Waals surface area (Å²) in [5.41, 5.74) is 0.614. The molecule has 3 nitrogen and oxygen atoms in total. The number of ether oxygens (including phenoxy) is 1. The molecule has 1 aliphatic rings. The minimum absolute atomic E-state index is 0.207. The minimum atomic E-state index is -0.251. The Labute approximate surface area is 79.2 Å². The number of nitrogens with one attached hydrogen (secondary N) is 1. The third-order valence-electron chi connectivity index (χ3n) is 2.66. The van der Waals surface area contributed by atoms with Gasteiger partial charge in [0, 0.05) is 18.8 Å². The molecule has 0 aromatic carbocycles. The first-order valence-corrected chi connectivity index (χ1v) is 4.57. The van der Waals surface area contributed by atoms with Gasteiger partial charge in [-0.1, -0.05) is 6.92 Å². The fourth-order valence-electron chi connectivity index (χ4n) is 1.20. The van der Waals surface area contributed by atoms with E-state index in [9.17, 15) is 4.79 Å². The van der Waals surface area contributed by atoms with Gasteiger partial charge in [-0.3, -0.25) is 0 Å². The van der Waals surface area contributed by atoms with Crippen molar-refractivity contribution >= 4 is 5.97 Å². The van der Waals surface area contributed by atoms with Crippen molar-refractivity contribution in [1.82, 2.24) is 5.32 Å². The molecule has 2 atom stereocenters. The van der Waals surface area contributed by atoms with Gasteiger partial charge in [-0.05, 0) is 26.2 Å². The van der Waals surface area contributed by atoms with Crippen molar-refractivity contribution in [2.24, 2.45) is 5.92 Å². The van der Waals surface area contributed by atoms with Crippen molar-refractivity contribution in [1.29, 1.82) is 0 Å². The molecule has 1 aliphatic carbocycles. The quantitative estimate of drug-likeness (QED) is 0.531. The zero-order valence-electron chi connectivity index (χ0n) is 8.68. The maximum atomic E-state index is 11.3. The lowest BCUT2D eigenvalue weighted by atomic mass is 10.3. The first-order valence-electron chi connectivity index (χ1n) is 4.57. The van der Waals surface area contributed by atoms with E-state index in [0.717, 1.165) is 12.1 Å². The average molecular weight is 183 g/mol. The zero-order chi connectivity index (χ0) is 10.1. The van der Waals surface area contributed by atoms with E-state index in [1.54, 1.807) is 7.05 Å². The molecule has 1 N–H and O–H groups in total. The minimum Gasteiger partial charge on any atom is -0.456 e. The van der Waals surface area contributed by atoms with Gasteiger partial charge in [0.1, 0.15) is 5.60 Å². The predicted octanol–water partition coefficient (Wildman–Crippen LogP) is 1.45. The first-order chi connectivity index (χ1) is 5.98. The van der Waals surface area contributed by atoms with Gasteiger partial charge in [-0.15, -0.1) is 0 Å². The Hall–Kier alpha value is -0.990. The number of esters is 1. The molecule has 2 unspecified atom stereocenters. The van der Waals surface area contributed by atoms with Crippen LogP contribution in [0.2, 0.25) is 0 Å². The highest BCUT2D eigenvalue weighted by atomic mass is 16.6. The van der Waals surface area contributed by atoms with Gasteiger partial charge in [0.05, 0.1) is 0 Å². The highest BCUT2D eigenvalue weighted by Gasteiger charge is 2.50. The monoisotopic (exact) mass is 183 g/mol. The normalized spacial score (nSPS) is 32.6. The Morgan fingerprint density at radius 3 is 2.62 bits per heavy atom. The van der Waals surface area contributed by atoms with E-state index in [4.69, 9.17) is 4.74 Å². The van der Waals surface area contributed by atoms with Crippen molar-refractivity contribution in [3.8, 4) is 0 Å². The van der Waals surface area contributed by atoms with E-state index in [-0.39, 0.29) is 11.6 Å². The lowest BCUT2D eigenvalue weighted by Crippen LogP contribution is -2.17. The number of allylic oxidation sites excluding steroid dienone is 1. The Kier molecular flexibility index (Phi) is 2.64.